The monoisotopic (exact) mass is 529 g/mol. The number of amides is 4. The second kappa shape index (κ2) is 14.8. The van der Waals surface area contributed by atoms with E-state index in [0.717, 1.165) is 0 Å². The second-order valence-electron chi connectivity index (χ2n) is 8.73. The third-order valence-corrected chi connectivity index (χ3v) is 5.04. The first kappa shape index (κ1) is 29.5. The summed E-state index contributed by atoms with van der Waals surface area (Å²) in [6.07, 6.45) is 0.000519. The Morgan fingerprint density at radius 1 is 1.03 bits per heavy atom. The Balaban J connectivity index is 1.88. The van der Waals surface area contributed by atoms with Crippen molar-refractivity contribution in [2.24, 2.45) is 11.7 Å². The Kier molecular flexibility index (Phi) is 11.5. The first-order valence-electron chi connectivity index (χ1n) is 11.8. The zero-order valence-corrected chi connectivity index (χ0v) is 21.1. The molecule has 0 unspecified atom stereocenters. The number of urea groups is 1. The topological polar surface area (TPSA) is 192 Å². The molecule has 0 saturated heterocycles. The molecule has 2 aromatic rings. The van der Waals surface area contributed by atoms with Crippen LogP contribution >= 0.6 is 0 Å². The lowest BCUT2D eigenvalue weighted by molar-refractivity contribution is -0.384. The summed E-state index contributed by atoms with van der Waals surface area (Å²) in [4.78, 5) is 57.9. The summed E-state index contributed by atoms with van der Waals surface area (Å²) < 4.78 is 10.0. The van der Waals surface area contributed by atoms with Crippen LogP contribution in [0.25, 0.3) is 0 Å². The molecule has 0 saturated carbocycles. The molecule has 38 heavy (non-hydrogen) atoms. The maximum Gasteiger partial charge on any atom is 0.514 e. The number of anilines is 1. The number of nitro benzene ring substituents is 1. The van der Waals surface area contributed by atoms with E-state index in [9.17, 15) is 29.3 Å². The lowest BCUT2D eigenvalue weighted by atomic mass is 10.1. The van der Waals surface area contributed by atoms with Crippen molar-refractivity contribution < 1.29 is 33.6 Å². The molecule has 0 radical (unpaired) electrons. The quantitative estimate of drug-likeness (QED) is 0.0998. The number of benzene rings is 2. The highest BCUT2D eigenvalue weighted by molar-refractivity contribution is 5.97. The van der Waals surface area contributed by atoms with Crippen molar-refractivity contribution in [2.75, 3.05) is 11.9 Å². The average Bonchev–Trinajstić information content (AvgIpc) is 2.85. The van der Waals surface area contributed by atoms with Gasteiger partial charge in [0.05, 0.1) is 4.92 Å². The smallest absolute Gasteiger partial charge is 0.429 e. The largest absolute Gasteiger partial charge is 0.514 e. The van der Waals surface area contributed by atoms with E-state index in [1.165, 1.54) is 24.3 Å². The zero-order valence-electron chi connectivity index (χ0n) is 21.1. The number of hydrogen-bond donors (Lipinski definition) is 4. The molecule has 0 aliphatic carbocycles. The summed E-state index contributed by atoms with van der Waals surface area (Å²) in [5.74, 6) is -0.455. The SMILES string of the molecule is CC(C)CC(=O)N[C@@H](CCCNC(N)=O)C(=O)Nc1ccc(COC(=O)Oc2ccc([N+](=O)[O-])cc2)cc1. The minimum atomic E-state index is -0.984. The van der Waals surface area contributed by atoms with Crippen LogP contribution in [0, 0.1) is 16.0 Å². The van der Waals surface area contributed by atoms with Gasteiger partial charge in [0, 0.05) is 30.8 Å². The minimum Gasteiger partial charge on any atom is -0.429 e. The van der Waals surface area contributed by atoms with Crippen molar-refractivity contribution in [3.05, 3.63) is 64.2 Å². The molecule has 1 atom stereocenters. The molecule has 4 amide bonds. The number of hydrogen-bond acceptors (Lipinski definition) is 8. The molecular formula is C25H31N5O8. The van der Waals surface area contributed by atoms with Crippen LogP contribution in [-0.4, -0.2) is 41.5 Å². The average molecular weight is 530 g/mol. The number of ether oxygens (including phenoxy) is 2. The van der Waals surface area contributed by atoms with E-state index in [1.807, 2.05) is 13.8 Å². The number of nitrogens with one attached hydrogen (secondary N) is 3. The fourth-order valence-electron chi connectivity index (χ4n) is 3.23. The second-order valence-corrected chi connectivity index (χ2v) is 8.73. The van der Waals surface area contributed by atoms with Gasteiger partial charge in [-0.05, 0) is 48.6 Å². The normalized spacial score (nSPS) is 11.2. The molecule has 0 fully saturated rings. The first-order chi connectivity index (χ1) is 18.0. The van der Waals surface area contributed by atoms with Gasteiger partial charge in [-0.1, -0.05) is 26.0 Å². The van der Waals surface area contributed by atoms with E-state index in [-0.39, 0.29) is 42.8 Å². The summed E-state index contributed by atoms with van der Waals surface area (Å²) in [7, 11) is 0. The predicted molar refractivity (Wildman–Crippen MR) is 137 cm³/mol. The predicted octanol–water partition coefficient (Wildman–Crippen LogP) is 3.23. The molecule has 2 aromatic carbocycles. The Hall–Kier alpha value is -4.68. The number of non-ortho nitro benzene ring substituents is 1. The Bertz CT molecular complexity index is 1120. The number of nitrogens with two attached hydrogens (primary N) is 1. The van der Waals surface area contributed by atoms with Crippen LogP contribution < -0.4 is 26.4 Å². The minimum absolute atomic E-state index is 0.0964. The van der Waals surface area contributed by atoms with Gasteiger partial charge in [-0.3, -0.25) is 19.7 Å². The number of carbonyl (C=O) groups excluding carboxylic acids is 4. The molecule has 0 aliphatic heterocycles. The van der Waals surface area contributed by atoms with Gasteiger partial charge in [0.25, 0.3) is 5.69 Å². The van der Waals surface area contributed by atoms with Crippen LogP contribution in [0.15, 0.2) is 48.5 Å². The Labute approximate surface area is 219 Å². The number of primary amides is 1. The number of nitrogens with zero attached hydrogens (tertiary/aromatic N) is 1. The van der Waals surface area contributed by atoms with Gasteiger partial charge in [0.1, 0.15) is 18.4 Å². The van der Waals surface area contributed by atoms with E-state index in [2.05, 4.69) is 16.0 Å². The van der Waals surface area contributed by atoms with Gasteiger partial charge < -0.3 is 31.2 Å². The van der Waals surface area contributed by atoms with E-state index >= 15 is 0 Å². The van der Waals surface area contributed by atoms with Gasteiger partial charge in [-0.15, -0.1) is 0 Å². The van der Waals surface area contributed by atoms with Crippen LogP contribution in [-0.2, 0) is 20.9 Å². The zero-order chi connectivity index (χ0) is 28.1. The molecule has 2 rings (SSSR count). The van der Waals surface area contributed by atoms with Crippen molar-refractivity contribution in [2.45, 2.75) is 45.8 Å². The maximum absolute atomic E-state index is 12.8. The number of nitro groups is 1. The molecule has 13 nitrogen and oxygen atoms in total. The Morgan fingerprint density at radius 3 is 2.26 bits per heavy atom. The Morgan fingerprint density at radius 2 is 1.68 bits per heavy atom. The van der Waals surface area contributed by atoms with E-state index in [4.69, 9.17) is 15.2 Å². The highest BCUT2D eigenvalue weighted by Gasteiger charge is 2.21. The molecule has 5 N–H and O–H groups in total. The summed E-state index contributed by atoms with van der Waals surface area (Å²) in [6.45, 7) is 3.94. The van der Waals surface area contributed by atoms with Gasteiger partial charge in [-0.25, -0.2) is 9.59 Å². The molecular weight excluding hydrogens is 498 g/mol. The summed E-state index contributed by atoms with van der Waals surface area (Å²) in [5, 5.41) is 18.6. The van der Waals surface area contributed by atoms with Crippen LogP contribution in [0.2, 0.25) is 0 Å². The fourth-order valence-corrected chi connectivity index (χ4v) is 3.23. The van der Waals surface area contributed by atoms with E-state index < -0.39 is 29.1 Å². The molecule has 0 heterocycles. The van der Waals surface area contributed by atoms with Crippen molar-refractivity contribution in [1.82, 2.24) is 10.6 Å². The molecule has 0 bridgehead atoms. The van der Waals surface area contributed by atoms with Crippen molar-refractivity contribution >= 4 is 35.4 Å². The standard InChI is InChI=1S/C25H31N5O8/c1-16(2)14-22(31)29-21(4-3-13-27-24(26)33)23(32)28-18-7-5-17(6-8-18)15-37-25(34)38-20-11-9-19(10-12-20)30(35)36/h5-12,16,21H,3-4,13-15H2,1-2H3,(H,28,32)(H,29,31)(H3,26,27,33)/t21-/m0/s1. The third kappa shape index (κ3) is 10.9. The summed E-state index contributed by atoms with van der Waals surface area (Å²) >= 11 is 0. The van der Waals surface area contributed by atoms with Gasteiger partial charge >= 0.3 is 12.2 Å². The van der Waals surface area contributed by atoms with Crippen molar-refractivity contribution in [1.29, 1.82) is 0 Å². The van der Waals surface area contributed by atoms with Crippen molar-refractivity contribution in [3.8, 4) is 5.75 Å². The highest BCUT2D eigenvalue weighted by atomic mass is 16.7. The molecule has 204 valence electrons. The molecule has 0 spiro atoms. The van der Waals surface area contributed by atoms with Crippen LogP contribution in [0.5, 0.6) is 5.75 Å². The van der Waals surface area contributed by atoms with Gasteiger partial charge in [0.2, 0.25) is 11.8 Å². The number of carbonyl (C=O) groups is 4. The maximum atomic E-state index is 12.8. The van der Waals surface area contributed by atoms with Gasteiger partial charge in [-0.2, -0.15) is 0 Å². The van der Waals surface area contributed by atoms with Crippen LogP contribution in [0.4, 0.5) is 21.0 Å². The number of rotatable bonds is 13. The fraction of sp³-hybridized carbons (Fsp3) is 0.360. The third-order valence-electron chi connectivity index (χ3n) is 5.04. The molecule has 0 aromatic heterocycles. The lowest BCUT2D eigenvalue weighted by Crippen LogP contribution is -2.44. The molecule has 13 heteroatoms. The van der Waals surface area contributed by atoms with Crippen LogP contribution in [0.1, 0.15) is 38.7 Å². The molecule has 0 aliphatic rings. The summed E-state index contributed by atoms with van der Waals surface area (Å²) in [5.41, 5.74) is 5.99. The van der Waals surface area contributed by atoms with Crippen LogP contribution in [0.3, 0.4) is 0 Å². The van der Waals surface area contributed by atoms with Crippen molar-refractivity contribution in [3.63, 3.8) is 0 Å². The van der Waals surface area contributed by atoms with E-state index in [1.54, 1.807) is 24.3 Å². The van der Waals surface area contributed by atoms with E-state index in [0.29, 0.717) is 24.1 Å². The van der Waals surface area contributed by atoms with Gasteiger partial charge in [0.15, 0.2) is 0 Å². The summed E-state index contributed by atoms with van der Waals surface area (Å²) in [6, 6.07) is 9.98. The lowest BCUT2D eigenvalue weighted by Gasteiger charge is -2.19. The first-order valence-corrected chi connectivity index (χ1v) is 11.8. The highest BCUT2D eigenvalue weighted by Crippen LogP contribution is 2.18.